The van der Waals surface area contributed by atoms with Gasteiger partial charge in [-0.3, -0.25) is 9.59 Å². The predicted molar refractivity (Wildman–Crippen MR) is 114 cm³/mol. The molecule has 0 saturated heterocycles. The van der Waals surface area contributed by atoms with E-state index in [2.05, 4.69) is 6.92 Å². The van der Waals surface area contributed by atoms with Crippen molar-refractivity contribution in [2.75, 3.05) is 27.2 Å². The fraction of sp³-hybridized carbons (Fsp3) is 0.417. The number of ether oxygens (including phenoxy) is 1. The summed E-state index contributed by atoms with van der Waals surface area (Å²) < 4.78 is 5.28. The SMILES string of the molecule is CCCCN(CC)C(=O)C1c2ccccc2C(=O)N(C)C1c1ccc(OC)cc1. The lowest BCUT2D eigenvalue weighted by Crippen LogP contribution is -2.47. The second kappa shape index (κ2) is 9.12. The average molecular weight is 395 g/mol. The molecule has 1 aliphatic rings. The Labute approximate surface area is 173 Å². The van der Waals surface area contributed by atoms with Crippen molar-refractivity contribution in [3.63, 3.8) is 0 Å². The molecule has 0 fully saturated rings. The molecule has 5 nitrogen and oxygen atoms in total. The number of unbranched alkanes of at least 4 members (excludes halogenated alkanes) is 1. The first-order valence-electron chi connectivity index (χ1n) is 10.3. The van der Waals surface area contributed by atoms with Crippen molar-refractivity contribution in [3.05, 3.63) is 65.2 Å². The van der Waals surface area contributed by atoms with Gasteiger partial charge in [-0.2, -0.15) is 0 Å². The van der Waals surface area contributed by atoms with Gasteiger partial charge in [0.05, 0.1) is 19.1 Å². The number of rotatable bonds is 7. The average Bonchev–Trinajstić information content (AvgIpc) is 2.76. The highest BCUT2D eigenvalue weighted by molar-refractivity contribution is 6.01. The third-order valence-corrected chi connectivity index (χ3v) is 5.78. The summed E-state index contributed by atoms with van der Waals surface area (Å²) in [5.74, 6) is 0.342. The van der Waals surface area contributed by atoms with E-state index >= 15 is 0 Å². The molecule has 0 N–H and O–H groups in total. The highest BCUT2D eigenvalue weighted by Gasteiger charge is 2.43. The highest BCUT2D eigenvalue weighted by atomic mass is 16.5. The normalized spacial score (nSPS) is 18.3. The largest absolute Gasteiger partial charge is 0.497 e. The van der Waals surface area contributed by atoms with Gasteiger partial charge in [0, 0.05) is 25.7 Å². The maximum Gasteiger partial charge on any atom is 0.254 e. The minimum Gasteiger partial charge on any atom is -0.497 e. The maximum absolute atomic E-state index is 13.7. The van der Waals surface area contributed by atoms with Gasteiger partial charge in [0.1, 0.15) is 5.75 Å². The molecule has 0 aromatic heterocycles. The molecule has 154 valence electrons. The van der Waals surface area contributed by atoms with E-state index in [0.29, 0.717) is 12.1 Å². The number of carbonyl (C=O) groups excluding carboxylic acids is 2. The summed E-state index contributed by atoms with van der Waals surface area (Å²) in [5, 5.41) is 0. The molecule has 2 atom stereocenters. The van der Waals surface area contributed by atoms with E-state index in [1.165, 1.54) is 0 Å². The van der Waals surface area contributed by atoms with Crippen LogP contribution in [0.2, 0.25) is 0 Å². The molecule has 0 aliphatic carbocycles. The fourth-order valence-electron chi connectivity index (χ4n) is 4.13. The van der Waals surface area contributed by atoms with Crippen LogP contribution in [0.3, 0.4) is 0 Å². The number of benzene rings is 2. The molecular formula is C24H30N2O3. The summed E-state index contributed by atoms with van der Waals surface area (Å²) in [4.78, 5) is 30.4. The molecule has 0 saturated carbocycles. The van der Waals surface area contributed by atoms with Crippen molar-refractivity contribution in [3.8, 4) is 5.75 Å². The second-order valence-corrected chi connectivity index (χ2v) is 7.47. The van der Waals surface area contributed by atoms with Crippen LogP contribution in [-0.4, -0.2) is 48.9 Å². The van der Waals surface area contributed by atoms with Crippen LogP contribution in [0.5, 0.6) is 5.75 Å². The zero-order valence-corrected chi connectivity index (χ0v) is 17.7. The number of hydrogen-bond acceptors (Lipinski definition) is 3. The van der Waals surface area contributed by atoms with Gasteiger partial charge in [-0.1, -0.05) is 43.7 Å². The summed E-state index contributed by atoms with van der Waals surface area (Å²) >= 11 is 0. The Morgan fingerprint density at radius 3 is 2.41 bits per heavy atom. The topological polar surface area (TPSA) is 49.9 Å². The molecule has 29 heavy (non-hydrogen) atoms. The molecule has 1 aliphatic heterocycles. The van der Waals surface area contributed by atoms with Gasteiger partial charge in [-0.05, 0) is 42.7 Å². The third-order valence-electron chi connectivity index (χ3n) is 5.78. The zero-order valence-electron chi connectivity index (χ0n) is 17.7. The molecule has 0 bridgehead atoms. The van der Waals surface area contributed by atoms with Crippen molar-refractivity contribution < 1.29 is 14.3 Å². The minimum absolute atomic E-state index is 0.0536. The van der Waals surface area contributed by atoms with E-state index in [4.69, 9.17) is 4.74 Å². The van der Waals surface area contributed by atoms with Crippen LogP contribution >= 0.6 is 0 Å². The summed E-state index contributed by atoms with van der Waals surface area (Å²) in [6, 6.07) is 14.8. The Morgan fingerprint density at radius 2 is 1.79 bits per heavy atom. The minimum atomic E-state index is -0.431. The number of methoxy groups -OCH3 is 1. The lowest BCUT2D eigenvalue weighted by molar-refractivity contribution is -0.134. The predicted octanol–water partition coefficient (Wildman–Crippen LogP) is 4.25. The summed E-state index contributed by atoms with van der Waals surface area (Å²) in [6.45, 7) is 5.53. The monoisotopic (exact) mass is 394 g/mol. The van der Waals surface area contributed by atoms with Crippen LogP contribution in [0.1, 0.15) is 60.1 Å². The van der Waals surface area contributed by atoms with Crippen LogP contribution < -0.4 is 4.74 Å². The van der Waals surface area contributed by atoms with E-state index in [-0.39, 0.29) is 17.9 Å². The van der Waals surface area contributed by atoms with Gasteiger partial charge < -0.3 is 14.5 Å². The number of carbonyl (C=O) groups is 2. The molecule has 2 aromatic carbocycles. The van der Waals surface area contributed by atoms with Crippen LogP contribution in [-0.2, 0) is 4.79 Å². The van der Waals surface area contributed by atoms with E-state index in [1.54, 1.807) is 19.1 Å². The van der Waals surface area contributed by atoms with Crippen LogP contribution in [0.15, 0.2) is 48.5 Å². The smallest absolute Gasteiger partial charge is 0.254 e. The van der Waals surface area contributed by atoms with Gasteiger partial charge in [0.15, 0.2) is 0 Å². The standard InChI is InChI=1S/C24H30N2O3/c1-5-7-16-26(6-2)24(28)21-19-10-8-9-11-20(19)23(27)25(3)22(21)17-12-14-18(29-4)15-13-17/h8-15,21-22H,5-7,16H2,1-4H3. The van der Waals surface area contributed by atoms with Crippen molar-refractivity contribution in [2.45, 2.75) is 38.6 Å². The van der Waals surface area contributed by atoms with E-state index in [1.807, 2.05) is 60.4 Å². The van der Waals surface area contributed by atoms with E-state index in [9.17, 15) is 9.59 Å². The number of likely N-dealkylation sites (N-methyl/N-ethyl adjacent to an activating group) is 2. The molecule has 5 heteroatoms. The van der Waals surface area contributed by atoms with Gasteiger partial charge in [-0.25, -0.2) is 0 Å². The van der Waals surface area contributed by atoms with E-state index < -0.39 is 5.92 Å². The summed E-state index contributed by atoms with van der Waals surface area (Å²) in [7, 11) is 3.41. The first-order valence-corrected chi connectivity index (χ1v) is 10.3. The summed E-state index contributed by atoms with van der Waals surface area (Å²) in [6.07, 6.45) is 2.00. The Balaban J connectivity index is 2.10. The molecule has 3 rings (SSSR count). The molecule has 1 heterocycles. The van der Waals surface area contributed by atoms with Gasteiger partial charge in [-0.15, -0.1) is 0 Å². The Morgan fingerprint density at radius 1 is 1.10 bits per heavy atom. The number of fused-ring (bicyclic) bond motifs is 1. The van der Waals surface area contributed by atoms with Crippen LogP contribution in [0.4, 0.5) is 0 Å². The highest BCUT2D eigenvalue weighted by Crippen LogP contribution is 2.43. The van der Waals surface area contributed by atoms with Gasteiger partial charge >= 0.3 is 0 Å². The lowest BCUT2D eigenvalue weighted by Gasteiger charge is -2.41. The maximum atomic E-state index is 13.7. The molecule has 2 aromatic rings. The number of hydrogen-bond donors (Lipinski definition) is 0. The molecule has 2 unspecified atom stereocenters. The molecule has 0 radical (unpaired) electrons. The van der Waals surface area contributed by atoms with Crippen molar-refractivity contribution in [1.29, 1.82) is 0 Å². The fourth-order valence-corrected chi connectivity index (χ4v) is 4.13. The van der Waals surface area contributed by atoms with E-state index in [0.717, 1.165) is 36.3 Å². The van der Waals surface area contributed by atoms with Crippen molar-refractivity contribution in [1.82, 2.24) is 9.80 Å². The third kappa shape index (κ3) is 4.00. The Hall–Kier alpha value is -2.82. The van der Waals surface area contributed by atoms with Crippen molar-refractivity contribution >= 4 is 11.8 Å². The Kier molecular flexibility index (Phi) is 6.57. The lowest BCUT2D eigenvalue weighted by atomic mass is 9.79. The van der Waals surface area contributed by atoms with Gasteiger partial charge in [0.2, 0.25) is 5.91 Å². The second-order valence-electron chi connectivity index (χ2n) is 7.47. The Bertz CT molecular complexity index is 863. The first kappa shape index (κ1) is 20.9. The van der Waals surface area contributed by atoms with Crippen LogP contribution in [0, 0.1) is 0 Å². The number of nitrogens with zero attached hydrogens (tertiary/aromatic N) is 2. The zero-order chi connectivity index (χ0) is 21.0. The van der Waals surface area contributed by atoms with Gasteiger partial charge in [0.25, 0.3) is 5.91 Å². The molecule has 0 spiro atoms. The van der Waals surface area contributed by atoms with Crippen molar-refractivity contribution in [2.24, 2.45) is 0 Å². The first-order chi connectivity index (χ1) is 14.0. The number of amides is 2. The van der Waals surface area contributed by atoms with Crippen LogP contribution in [0.25, 0.3) is 0 Å². The quantitative estimate of drug-likeness (QED) is 0.705. The summed E-state index contributed by atoms with van der Waals surface area (Å²) in [5.41, 5.74) is 2.36. The molecule has 2 amide bonds. The molecular weight excluding hydrogens is 364 g/mol.